The van der Waals surface area contributed by atoms with Crippen LogP contribution in [0.3, 0.4) is 0 Å². The maximum absolute atomic E-state index is 12.8. The lowest BCUT2D eigenvalue weighted by Crippen LogP contribution is -2.41. The van der Waals surface area contributed by atoms with E-state index in [1.165, 1.54) is 25.7 Å². The van der Waals surface area contributed by atoms with Gasteiger partial charge in [-0.05, 0) is 56.8 Å². The molecule has 122 valence electrons. The maximum Gasteiger partial charge on any atom is 0.270 e. The molecule has 0 aromatic carbocycles. The van der Waals surface area contributed by atoms with Crippen LogP contribution < -0.4 is 5.32 Å². The lowest BCUT2D eigenvalue weighted by atomic mass is 9.96. The summed E-state index contributed by atoms with van der Waals surface area (Å²) in [5.74, 6) is 0.962. The van der Waals surface area contributed by atoms with Gasteiger partial charge >= 0.3 is 0 Å². The van der Waals surface area contributed by atoms with E-state index in [0.717, 1.165) is 50.6 Å². The molecule has 1 aromatic rings. The van der Waals surface area contributed by atoms with Crippen LogP contribution in [0.15, 0.2) is 18.3 Å². The molecule has 4 nitrogen and oxygen atoms in total. The average molecular weight is 303 g/mol. The van der Waals surface area contributed by atoms with Crippen LogP contribution in [0.2, 0.25) is 0 Å². The van der Waals surface area contributed by atoms with E-state index >= 15 is 0 Å². The summed E-state index contributed by atoms with van der Waals surface area (Å²) in [5, 5.41) is 3.43. The van der Waals surface area contributed by atoms with Gasteiger partial charge in [0.2, 0.25) is 0 Å². The Hall–Kier alpha value is -1.29. The van der Waals surface area contributed by atoms with Crippen LogP contribution in [0.5, 0.6) is 0 Å². The van der Waals surface area contributed by atoms with Crippen molar-refractivity contribution in [2.24, 2.45) is 5.92 Å². The molecule has 0 spiro atoms. The van der Waals surface area contributed by atoms with Gasteiger partial charge in [0.15, 0.2) is 0 Å². The van der Waals surface area contributed by atoms with Gasteiger partial charge in [0, 0.05) is 25.3 Å². The number of hydrogen-bond donors (Lipinski definition) is 1. The van der Waals surface area contributed by atoms with Crippen molar-refractivity contribution in [2.45, 2.75) is 51.5 Å². The Morgan fingerprint density at radius 3 is 2.64 bits per heavy atom. The quantitative estimate of drug-likeness (QED) is 0.907. The van der Waals surface area contributed by atoms with E-state index < -0.39 is 0 Å². The average Bonchev–Trinajstić information content (AvgIpc) is 3.23. The predicted molar refractivity (Wildman–Crippen MR) is 89.1 cm³/mol. The Bertz CT molecular complexity index is 482. The number of aromatic nitrogens is 1. The van der Waals surface area contributed by atoms with Gasteiger partial charge in [0.25, 0.3) is 5.91 Å². The topological polar surface area (TPSA) is 37.3 Å². The largest absolute Gasteiger partial charge is 0.340 e. The molecule has 0 radical (unpaired) electrons. The molecule has 1 aliphatic carbocycles. The van der Waals surface area contributed by atoms with Crippen molar-refractivity contribution in [3.63, 3.8) is 0 Å². The van der Waals surface area contributed by atoms with Crippen LogP contribution >= 0.6 is 0 Å². The molecular weight excluding hydrogens is 274 g/mol. The number of hydrogen-bond acceptors (Lipinski definition) is 2. The molecule has 1 N–H and O–H groups in total. The zero-order valence-electron chi connectivity index (χ0n) is 13.8. The van der Waals surface area contributed by atoms with Gasteiger partial charge < -0.3 is 14.8 Å². The molecule has 2 fully saturated rings. The van der Waals surface area contributed by atoms with Gasteiger partial charge in [0.05, 0.1) is 0 Å². The van der Waals surface area contributed by atoms with Crippen LogP contribution in [0.1, 0.15) is 62.0 Å². The maximum atomic E-state index is 12.8. The third-order valence-corrected chi connectivity index (χ3v) is 5.30. The number of nitrogens with one attached hydrogen (secondary N) is 1. The Morgan fingerprint density at radius 1 is 1.23 bits per heavy atom. The molecule has 1 aliphatic heterocycles. The standard InChI is InChI=1S/C18H29N3O/c1-2-19-14-15-9-12-20(13-10-15)18(22)17-8-5-11-21(17)16-6-3-4-7-16/h5,8,11,15-16,19H,2-4,6-7,9-10,12-14H2,1H3. The molecule has 2 heterocycles. The van der Waals surface area contributed by atoms with Crippen molar-refractivity contribution >= 4 is 5.91 Å². The van der Waals surface area contributed by atoms with Gasteiger partial charge in [-0.3, -0.25) is 4.79 Å². The van der Waals surface area contributed by atoms with Crippen molar-refractivity contribution in [1.82, 2.24) is 14.8 Å². The second-order valence-corrected chi connectivity index (χ2v) is 6.78. The molecule has 1 amide bonds. The van der Waals surface area contributed by atoms with E-state index in [9.17, 15) is 4.79 Å². The first kappa shape index (κ1) is 15.6. The highest BCUT2D eigenvalue weighted by atomic mass is 16.2. The number of carbonyl (C=O) groups is 1. The Kier molecular flexibility index (Phi) is 5.19. The minimum atomic E-state index is 0.235. The molecular formula is C18H29N3O. The molecule has 2 aliphatic rings. The summed E-state index contributed by atoms with van der Waals surface area (Å²) in [6.45, 7) is 6.09. The fourth-order valence-corrected chi connectivity index (χ4v) is 3.93. The Balaban J connectivity index is 1.59. The van der Waals surface area contributed by atoms with Crippen LogP contribution in [0.25, 0.3) is 0 Å². The van der Waals surface area contributed by atoms with Crippen molar-refractivity contribution in [2.75, 3.05) is 26.2 Å². The summed E-state index contributed by atoms with van der Waals surface area (Å²) in [5.41, 5.74) is 0.900. The van der Waals surface area contributed by atoms with Crippen molar-refractivity contribution in [3.05, 3.63) is 24.0 Å². The first-order chi connectivity index (χ1) is 10.8. The van der Waals surface area contributed by atoms with Crippen molar-refractivity contribution in [1.29, 1.82) is 0 Å². The van der Waals surface area contributed by atoms with Crippen molar-refractivity contribution < 1.29 is 4.79 Å². The molecule has 4 heteroatoms. The number of piperidine rings is 1. The second-order valence-electron chi connectivity index (χ2n) is 6.78. The monoisotopic (exact) mass is 303 g/mol. The summed E-state index contributed by atoms with van der Waals surface area (Å²) >= 11 is 0. The van der Waals surface area contributed by atoms with Crippen LogP contribution in [0.4, 0.5) is 0 Å². The number of rotatable bonds is 5. The Labute approximate surface area is 133 Å². The SMILES string of the molecule is CCNCC1CCN(C(=O)c2cccn2C2CCCC2)CC1. The summed E-state index contributed by atoms with van der Waals surface area (Å²) in [6, 6.07) is 4.58. The number of carbonyl (C=O) groups excluding carboxylic acids is 1. The fourth-order valence-electron chi connectivity index (χ4n) is 3.93. The van der Waals surface area contributed by atoms with E-state index in [0.29, 0.717) is 6.04 Å². The van der Waals surface area contributed by atoms with Crippen LogP contribution in [-0.4, -0.2) is 41.6 Å². The predicted octanol–water partition coefficient (Wildman–Crippen LogP) is 3.06. The van der Waals surface area contributed by atoms with Crippen molar-refractivity contribution in [3.8, 4) is 0 Å². The van der Waals surface area contributed by atoms with E-state index in [1.807, 2.05) is 12.1 Å². The smallest absolute Gasteiger partial charge is 0.270 e. The number of likely N-dealkylation sites (tertiary alicyclic amines) is 1. The molecule has 1 aromatic heterocycles. The van der Waals surface area contributed by atoms with Gasteiger partial charge in [0.1, 0.15) is 5.69 Å². The minimum Gasteiger partial charge on any atom is -0.340 e. The molecule has 22 heavy (non-hydrogen) atoms. The third kappa shape index (κ3) is 3.37. The summed E-state index contributed by atoms with van der Waals surface area (Å²) in [6.07, 6.45) is 9.39. The first-order valence-electron chi connectivity index (χ1n) is 8.96. The van der Waals surface area contributed by atoms with Gasteiger partial charge in [-0.2, -0.15) is 0 Å². The third-order valence-electron chi connectivity index (χ3n) is 5.30. The van der Waals surface area contributed by atoms with E-state index in [1.54, 1.807) is 0 Å². The zero-order valence-corrected chi connectivity index (χ0v) is 13.8. The highest BCUT2D eigenvalue weighted by Gasteiger charge is 2.27. The van der Waals surface area contributed by atoms with Crippen LogP contribution in [0, 0.1) is 5.92 Å². The summed E-state index contributed by atoms with van der Waals surface area (Å²) < 4.78 is 2.24. The first-order valence-corrected chi connectivity index (χ1v) is 8.96. The number of amides is 1. The lowest BCUT2D eigenvalue weighted by molar-refractivity contribution is 0.0677. The van der Waals surface area contributed by atoms with Crippen LogP contribution in [-0.2, 0) is 0 Å². The fraction of sp³-hybridized carbons (Fsp3) is 0.722. The summed E-state index contributed by atoms with van der Waals surface area (Å²) in [4.78, 5) is 14.9. The lowest BCUT2D eigenvalue weighted by Gasteiger charge is -2.32. The van der Waals surface area contributed by atoms with E-state index in [4.69, 9.17) is 0 Å². The molecule has 0 bridgehead atoms. The molecule has 0 atom stereocenters. The summed E-state index contributed by atoms with van der Waals surface area (Å²) in [7, 11) is 0. The zero-order chi connectivity index (χ0) is 15.4. The van der Waals surface area contributed by atoms with Gasteiger partial charge in [-0.1, -0.05) is 19.8 Å². The molecule has 3 rings (SSSR count). The highest BCUT2D eigenvalue weighted by Crippen LogP contribution is 2.31. The Morgan fingerprint density at radius 2 is 1.95 bits per heavy atom. The normalized spacial score (nSPS) is 20.7. The van der Waals surface area contributed by atoms with Gasteiger partial charge in [-0.25, -0.2) is 0 Å². The minimum absolute atomic E-state index is 0.235. The van der Waals surface area contributed by atoms with E-state index in [2.05, 4.69) is 27.9 Å². The highest BCUT2D eigenvalue weighted by molar-refractivity contribution is 5.92. The molecule has 1 saturated carbocycles. The molecule has 1 saturated heterocycles. The van der Waals surface area contributed by atoms with Gasteiger partial charge in [-0.15, -0.1) is 0 Å². The molecule has 0 unspecified atom stereocenters. The number of nitrogens with zero attached hydrogens (tertiary/aromatic N) is 2. The van der Waals surface area contributed by atoms with E-state index in [-0.39, 0.29) is 5.91 Å². The second kappa shape index (κ2) is 7.32.